The van der Waals surface area contributed by atoms with E-state index in [9.17, 15) is 14.4 Å². The molecule has 0 unspecified atom stereocenters. The fourth-order valence-electron chi connectivity index (χ4n) is 7.71. The number of anilines is 4. The molecule has 0 radical (unpaired) electrons. The third-order valence-electron chi connectivity index (χ3n) is 10.5. The van der Waals surface area contributed by atoms with E-state index in [4.69, 9.17) is 9.47 Å². The Morgan fingerprint density at radius 3 is 2.53 bits per heavy atom. The minimum atomic E-state index is -0.564. The molecule has 0 atom stereocenters. The molecule has 51 heavy (non-hydrogen) atoms. The summed E-state index contributed by atoms with van der Waals surface area (Å²) >= 11 is 0. The number of halogens is 1. The maximum Gasteiger partial charge on any atom is 0.302 e. The first-order valence-electron chi connectivity index (χ1n) is 17.6. The molecular weight excluding hydrogens is 655 g/mol. The minimum absolute atomic E-state index is 0.192. The molecule has 4 aromatic rings. The fourth-order valence-corrected chi connectivity index (χ4v) is 7.71. The number of ether oxygens (including phenoxy) is 2. The number of aryl methyl sites for hydroxylation is 2. The summed E-state index contributed by atoms with van der Waals surface area (Å²) in [6.45, 7) is 7.15. The number of rotatable bonds is 8. The van der Waals surface area contributed by atoms with Gasteiger partial charge in [-0.25, -0.2) is 4.39 Å². The van der Waals surface area contributed by atoms with E-state index in [1.165, 1.54) is 34.9 Å². The Morgan fingerprint density at radius 1 is 1.00 bits per heavy atom. The van der Waals surface area contributed by atoms with E-state index in [2.05, 4.69) is 29.9 Å². The van der Waals surface area contributed by atoms with Crippen LogP contribution in [0.25, 0.3) is 11.1 Å². The zero-order chi connectivity index (χ0) is 35.2. The summed E-state index contributed by atoms with van der Waals surface area (Å²) in [5, 5.41) is 11.9. The van der Waals surface area contributed by atoms with E-state index in [1.54, 1.807) is 30.3 Å². The van der Waals surface area contributed by atoms with E-state index < -0.39 is 11.8 Å². The van der Waals surface area contributed by atoms with Crippen LogP contribution in [0.2, 0.25) is 0 Å². The second-order valence-electron chi connectivity index (χ2n) is 13.7. The number of pyridine rings is 1. The van der Waals surface area contributed by atoms with Crippen molar-refractivity contribution in [2.24, 2.45) is 7.05 Å². The van der Waals surface area contributed by atoms with Crippen molar-refractivity contribution >= 4 is 34.9 Å². The molecule has 6 heterocycles. The highest BCUT2D eigenvalue weighted by atomic mass is 19.1. The lowest BCUT2D eigenvalue weighted by Crippen LogP contribution is -2.56. The third-order valence-corrected chi connectivity index (χ3v) is 10.5. The lowest BCUT2D eigenvalue weighted by atomic mass is 9.97. The van der Waals surface area contributed by atoms with Crippen molar-refractivity contribution in [3.63, 3.8) is 0 Å². The second-order valence-corrected chi connectivity index (χ2v) is 13.7. The van der Waals surface area contributed by atoms with Crippen molar-refractivity contribution in [1.29, 1.82) is 0 Å². The molecule has 0 bridgehead atoms. The summed E-state index contributed by atoms with van der Waals surface area (Å²) in [4.78, 5) is 45.6. The highest BCUT2D eigenvalue weighted by Gasteiger charge is 2.33. The lowest BCUT2D eigenvalue weighted by Gasteiger charge is -2.42. The maximum atomic E-state index is 15.6. The van der Waals surface area contributed by atoms with Gasteiger partial charge in [-0.3, -0.25) is 19.3 Å². The molecule has 0 saturated carbocycles. The number of piperazine rings is 1. The van der Waals surface area contributed by atoms with Gasteiger partial charge < -0.3 is 33.7 Å². The van der Waals surface area contributed by atoms with Gasteiger partial charge in [0.15, 0.2) is 11.6 Å². The maximum absolute atomic E-state index is 15.6. The first kappa shape index (κ1) is 33.1. The quantitative estimate of drug-likeness (QED) is 0.273. The average molecular weight is 697 g/mol. The molecule has 3 aliphatic heterocycles. The molecular formula is C37H41FN8O5. The predicted molar refractivity (Wildman–Crippen MR) is 189 cm³/mol. The molecule has 8 rings (SSSR count). The van der Waals surface area contributed by atoms with Gasteiger partial charge in [-0.05, 0) is 73.2 Å². The first-order chi connectivity index (χ1) is 24.7. The van der Waals surface area contributed by atoms with Crippen molar-refractivity contribution in [2.75, 3.05) is 61.1 Å². The number of carbonyl (C=O) groups is 2. The van der Waals surface area contributed by atoms with E-state index in [0.29, 0.717) is 53.0 Å². The van der Waals surface area contributed by atoms with Crippen LogP contribution in [-0.2, 0) is 47.3 Å². The van der Waals surface area contributed by atoms with Gasteiger partial charge in [-0.2, -0.15) is 0 Å². The number of nitrogens with zero attached hydrogens (tertiary/aromatic N) is 7. The number of esters is 1. The van der Waals surface area contributed by atoms with Gasteiger partial charge in [-0.15, -0.1) is 10.2 Å². The van der Waals surface area contributed by atoms with Gasteiger partial charge in [0.25, 0.3) is 11.5 Å². The van der Waals surface area contributed by atoms with E-state index in [0.717, 1.165) is 70.9 Å². The molecule has 2 saturated heterocycles. The Kier molecular flexibility index (Phi) is 8.80. The minimum Gasteiger partial charge on any atom is -0.461 e. The van der Waals surface area contributed by atoms with Crippen LogP contribution in [0.1, 0.15) is 47.1 Å². The van der Waals surface area contributed by atoms with Crippen molar-refractivity contribution in [3.8, 4) is 11.1 Å². The Bertz CT molecular complexity index is 2050. The highest BCUT2D eigenvalue weighted by molar-refractivity contribution is 6.07. The van der Waals surface area contributed by atoms with Gasteiger partial charge in [0, 0.05) is 76.3 Å². The van der Waals surface area contributed by atoms with Gasteiger partial charge >= 0.3 is 5.97 Å². The van der Waals surface area contributed by atoms with Crippen LogP contribution in [0.15, 0.2) is 47.4 Å². The highest BCUT2D eigenvalue weighted by Crippen LogP contribution is 2.37. The molecule has 3 aromatic heterocycles. The SMILES string of the molecule is CC(=O)OCc1c(-c2cc(Nc3ccc(N4CCN(C5COC5)CC4)nn3)c(=O)n(C)c2)cc(F)cc1N1CCn2c(cc3c2CCCC3)C1=O. The van der Waals surface area contributed by atoms with Crippen LogP contribution >= 0.6 is 0 Å². The summed E-state index contributed by atoms with van der Waals surface area (Å²) in [6.07, 6.45) is 5.67. The van der Waals surface area contributed by atoms with Crippen molar-refractivity contribution in [1.82, 2.24) is 24.2 Å². The van der Waals surface area contributed by atoms with E-state index in [1.807, 2.05) is 12.1 Å². The molecule has 266 valence electrons. The van der Waals surface area contributed by atoms with Gasteiger partial charge in [0.1, 0.15) is 23.8 Å². The summed E-state index contributed by atoms with van der Waals surface area (Å²) in [6, 6.07) is 10.4. The topological polar surface area (TPSA) is 127 Å². The molecule has 1 N–H and O–H groups in total. The standard InChI is InChI=1S/C37H41FN8O5/c1-23(47)51-22-29-28(17-26(38)18-32(29)46-14-13-45-31-6-4-3-5-24(31)16-33(45)37(46)49)25-15-30(36(48)42(2)19-25)39-34-7-8-35(41-40-34)44-11-9-43(10-12-44)27-20-50-21-27/h7-8,15-19,27H,3-6,9-14,20-22H2,1-2H3,(H,39,40). The number of amides is 1. The number of nitrogens with one attached hydrogen (secondary N) is 1. The van der Waals surface area contributed by atoms with Crippen LogP contribution in [0, 0.1) is 5.82 Å². The van der Waals surface area contributed by atoms with E-state index in [-0.39, 0.29) is 23.8 Å². The van der Waals surface area contributed by atoms with Crippen molar-refractivity contribution in [3.05, 3.63) is 81.3 Å². The largest absolute Gasteiger partial charge is 0.461 e. The van der Waals surface area contributed by atoms with Crippen LogP contribution in [-0.4, -0.2) is 88.1 Å². The zero-order valence-corrected chi connectivity index (χ0v) is 28.9. The normalized spacial score (nSPS) is 17.9. The van der Waals surface area contributed by atoms with Crippen LogP contribution in [0.4, 0.5) is 27.4 Å². The summed E-state index contributed by atoms with van der Waals surface area (Å²) in [5.41, 5.74) is 4.56. The third kappa shape index (κ3) is 6.38. The monoisotopic (exact) mass is 696 g/mol. The van der Waals surface area contributed by atoms with Gasteiger partial charge in [0.2, 0.25) is 0 Å². The number of carbonyl (C=O) groups excluding carboxylic acids is 2. The Morgan fingerprint density at radius 2 is 1.80 bits per heavy atom. The number of benzene rings is 1. The van der Waals surface area contributed by atoms with Gasteiger partial charge in [-0.1, -0.05) is 0 Å². The molecule has 1 amide bonds. The molecule has 1 aliphatic carbocycles. The molecule has 1 aromatic carbocycles. The zero-order valence-electron chi connectivity index (χ0n) is 28.9. The van der Waals surface area contributed by atoms with Crippen molar-refractivity contribution < 1.29 is 23.5 Å². The van der Waals surface area contributed by atoms with Crippen LogP contribution in [0.3, 0.4) is 0 Å². The predicted octanol–water partition coefficient (Wildman–Crippen LogP) is 3.65. The summed E-state index contributed by atoms with van der Waals surface area (Å²) < 4.78 is 29.9. The van der Waals surface area contributed by atoms with Crippen LogP contribution < -0.4 is 20.7 Å². The Balaban J connectivity index is 1.09. The first-order valence-corrected chi connectivity index (χ1v) is 17.6. The summed E-state index contributed by atoms with van der Waals surface area (Å²) in [5.74, 6) is -0.165. The number of hydrogen-bond acceptors (Lipinski definition) is 10. The number of fused-ring (bicyclic) bond motifs is 3. The fraction of sp³-hybridized carbons (Fsp3) is 0.432. The van der Waals surface area contributed by atoms with Crippen LogP contribution in [0.5, 0.6) is 0 Å². The van der Waals surface area contributed by atoms with Crippen molar-refractivity contribution in [2.45, 2.75) is 51.8 Å². The molecule has 4 aliphatic rings. The second kappa shape index (κ2) is 13.6. The number of aromatic nitrogens is 4. The van der Waals surface area contributed by atoms with E-state index >= 15 is 4.39 Å². The summed E-state index contributed by atoms with van der Waals surface area (Å²) in [7, 11) is 1.61. The Labute approximate surface area is 294 Å². The average Bonchev–Trinajstić information content (AvgIpc) is 3.49. The Hall–Kier alpha value is -5.08. The molecule has 0 spiro atoms. The smallest absolute Gasteiger partial charge is 0.302 e. The molecule has 2 fully saturated rings. The molecule has 14 heteroatoms. The number of hydrogen-bond donors (Lipinski definition) is 1. The molecule has 13 nitrogen and oxygen atoms in total. The lowest BCUT2D eigenvalue weighted by molar-refractivity contribution is -0.142. The van der Waals surface area contributed by atoms with Gasteiger partial charge in [0.05, 0.1) is 24.9 Å².